The molecular weight excluding hydrogens is 402 g/mol. The Bertz CT molecular complexity index is 1220. The third-order valence-electron chi connectivity index (χ3n) is 4.91. The molecule has 6 heteroatoms. The van der Waals surface area contributed by atoms with Crippen LogP contribution in [0, 0.1) is 0 Å². The summed E-state index contributed by atoms with van der Waals surface area (Å²) in [6.45, 7) is 0.227. The van der Waals surface area contributed by atoms with Crippen LogP contribution in [0.25, 0.3) is 10.8 Å². The van der Waals surface area contributed by atoms with Gasteiger partial charge in [0, 0.05) is 18.0 Å². The zero-order valence-electron chi connectivity index (χ0n) is 17.5. The number of hydrogen-bond donors (Lipinski definition) is 2. The quantitative estimate of drug-likeness (QED) is 0.445. The molecule has 0 aliphatic rings. The normalized spacial score (nSPS) is 10.5. The van der Waals surface area contributed by atoms with E-state index in [-0.39, 0.29) is 24.8 Å². The first-order valence-electron chi connectivity index (χ1n) is 10.3. The molecule has 0 fully saturated rings. The smallest absolute Gasteiger partial charge is 0.243 e. The lowest BCUT2D eigenvalue weighted by molar-refractivity contribution is -0.123. The number of amides is 2. The van der Waals surface area contributed by atoms with Crippen LogP contribution in [0.3, 0.4) is 0 Å². The monoisotopic (exact) mass is 425 g/mol. The first-order chi connectivity index (χ1) is 15.7. The number of rotatable bonds is 8. The number of carbonyl (C=O) groups is 2. The zero-order valence-corrected chi connectivity index (χ0v) is 17.5. The van der Waals surface area contributed by atoms with Gasteiger partial charge in [0.15, 0.2) is 0 Å². The molecule has 0 atom stereocenters. The number of hydrogen-bond acceptors (Lipinski definition) is 4. The van der Waals surface area contributed by atoms with E-state index in [4.69, 9.17) is 4.74 Å². The SMILES string of the molecule is O=C(Cc1cccc2ccccc12)NCC(=O)Nc1cccc(OCc2ccccn2)c1. The van der Waals surface area contributed by atoms with Gasteiger partial charge in [-0.15, -0.1) is 0 Å². The Morgan fingerprint density at radius 3 is 2.53 bits per heavy atom. The minimum Gasteiger partial charge on any atom is -0.487 e. The van der Waals surface area contributed by atoms with Crippen molar-refractivity contribution < 1.29 is 14.3 Å². The van der Waals surface area contributed by atoms with Crippen LogP contribution >= 0.6 is 0 Å². The summed E-state index contributed by atoms with van der Waals surface area (Å²) >= 11 is 0. The molecule has 0 bridgehead atoms. The summed E-state index contributed by atoms with van der Waals surface area (Å²) in [5.41, 5.74) is 2.34. The van der Waals surface area contributed by atoms with E-state index in [1.54, 1.807) is 24.4 Å². The molecule has 4 rings (SSSR count). The van der Waals surface area contributed by atoms with Gasteiger partial charge in [0.25, 0.3) is 0 Å². The summed E-state index contributed by atoms with van der Waals surface area (Å²) in [7, 11) is 0. The van der Waals surface area contributed by atoms with Gasteiger partial charge in [-0.2, -0.15) is 0 Å². The predicted octanol–water partition coefficient (Wildman–Crippen LogP) is 4.11. The van der Waals surface area contributed by atoms with Gasteiger partial charge >= 0.3 is 0 Å². The van der Waals surface area contributed by atoms with E-state index >= 15 is 0 Å². The van der Waals surface area contributed by atoms with Crippen LogP contribution in [0.1, 0.15) is 11.3 Å². The molecule has 2 N–H and O–H groups in total. The molecule has 2 amide bonds. The van der Waals surface area contributed by atoms with E-state index in [0.29, 0.717) is 18.0 Å². The maximum absolute atomic E-state index is 12.4. The van der Waals surface area contributed by atoms with E-state index in [1.807, 2.05) is 66.7 Å². The van der Waals surface area contributed by atoms with Gasteiger partial charge in [0.2, 0.25) is 11.8 Å². The molecule has 0 aliphatic heterocycles. The van der Waals surface area contributed by atoms with Gasteiger partial charge in [-0.3, -0.25) is 14.6 Å². The van der Waals surface area contributed by atoms with E-state index in [0.717, 1.165) is 22.0 Å². The third kappa shape index (κ3) is 5.70. The number of ether oxygens (including phenoxy) is 1. The van der Waals surface area contributed by atoms with Crippen molar-refractivity contribution in [1.29, 1.82) is 0 Å². The number of aromatic nitrogens is 1. The molecule has 1 aromatic heterocycles. The van der Waals surface area contributed by atoms with Crippen LogP contribution in [0.15, 0.2) is 91.1 Å². The van der Waals surface area contributed by atoms with E-state index in [2.05, 4.69) is 15.6 Å². The predicted molar refractivity (Wildman–Crippen MR) is 124 cm³/mol. The van der Waals surface area contributed by atoms with Crippen molar-refractivity contribution in [2.75, 3.05) is 11.9 Å². The van der Waals surface area contributed by atoms with Gasteiger partial charge in [0.05, 0.1) is 18.7 Å². The summed E-state index contributed by atoms with van der Waals surface area (Å²) in [5.74, 6) is 0.107. The topological polar surface area (TPSA) is 80.3 Å². The molecule has 0 unspecified atom stereocenters. The summed E-state index contributed by atoms with van der Waals surface area (Å²) < 4.78 is 5.73. The van der Waals surface area contributed by atoms with Gasteiger partial charge in [-0.05, 0) is 40.6 Å². The molecule has 6 nitrogen and oxygen atoms in total. The molecule has 0 saturated carbocycles. The summed E-state index contributed by atoms with van der Waals surface area (Å²) in [4.78, 5) is 28.9. The molecule has 0 aliphatic carbocycles. The highest BCUT2D eigenvalue weighted by molar-refractivity contribution is 5.96. The van der Waals surface area contributed by atoms with E-state index < -0.39 is 0 Å². The van der Waals surface area contributed by atoms with Crippen molar-refractivity contribution in [2.45, 2.75) is 13.0 Å². The Kier molecular flexibility index (Phi) is 6.72. The first kappa shape index (κ1) is 21.1. The number of anilines is 1. The summed E-state index contributed by atoms with van der Waals surface area (Å²) in [6.07, 6.45) is 1.93. The van der Waals surface area contributed by atoms with Crippen LogP contribution in [-0.2, 0) is 22.6 Å². The second kappa shape index (κ2) is 10.2. The largest absolute Gasteiger partial charge is 0.487 e. The fraction of sp³-hybridized carbons (Fsp3) is 0.115. The average Bonchev–Trinajstić information content (AvgIpc) is 2.83. The highest BCUT2D eigenvalue weighted by Crippen LogP contribution is 2.19. The van der Waals surface area contributed by atoms with Crippen molar-refractivity contribution in [3.05, 3.63) is 102 Å². The van der Waals surface area contributed by atoms with Crippen LogP contribution in [0.2, 0.25) is 0 Å². The second-order valence-electron chi connectivity index (χ2n) is 7.28. The Morgan fingerprint density at radius 2 is 1.66 bits per heavy atom. The van der Waals surface area contributed by atoms with Crippen LogP contribution < -0.4 is 15.4 Å². The van der Waals surface area contributed by atoms with Gasteiger partial charge in [0.1, 0.15) is 12.4 Å². The highest BCUT2D eigenvalue weighted by Gasteiger charge is 2.09. The molecule has 0 spiro atoms. The highest BCUT2D eigenvalue weighted by atomic mass is 16.5. The maximum Gasteiger partial charge on any atom is 0.243 e. The van der Waals surface area contributed by atoms with Crippen molar-refractivity contribution >= 4 is 28.3 Å². The van der Waals surface area contributed by atoms with E-state index in [9.17, 15) is 9.59 Å². The lowest BCUT2D eigenvalue weighted by Gasteiger charge is -2.10. The van der Waals surface area contributed by atoms with Crippen molar-refractivity contribution in [2.24, 2.45) is 0 Å². The van der Waals surface area contributed by atoms with Crippen LogP contribution in [0.4, 0.5) is 5.69 Å². The molecular formula is C26H23N3O3. The molecule has 4 aromatic rings. The molecule has 3 aromatic carbocycles. The summed E-state index contributed by atoms with van der Waals surface area (Å²) in [6, 6.07) is 26.5. The average molecular weight is 425 g/mol. The Morgan fingerprint density at radius 1 is 0.844 bits per heavy atom. The van der Waals surface area contributed by atoms with Gasteiger partial charge < -0.3 is 15.4 Å². The molecule has 160 valence electrons. The minimum atomic E-state index is -0.307. The zero-order chi connectivity index (χ0) is 22.2. The van der Waals surface area contributed by atoms with Crippen molar-refractivity contribution in [3.63, 3.8) is 0 Å². The fourth-order valence-electron chi connectivity index (χ4n) is 3.37. The van der Waals surface area contributed by atoms with Crippen LogP contribution in [-0.4, -0.2) is 23.3 Å². The van der Waals surface area contributed by atoms with Crippen molar-refractivity contribution in [3.8, 4) is 5.75 Å². The second-order valence-corrected chi connectivity index (χ2v) is 7.28. The first-order valence-corrected chi connectivity index (χ1v) is 10.3. The third-order valence-corrected chi connectivity index (χ3v) is 4.91. The van der Waals surface area contributed by atoms with E-state index in [1.165, 1.54) is 0 Å². The maximum atomic E-state index is 12.4. The lowest BCUT2D eigenvalue weighted by Crippen LogP contribution is -2.33. The Balaban J connectivity index is 1.28. The number of nitrogens with zero attached hydrogens (tertiary/aromatic N) is 1. The summed E-state index contributed by atoms with van der Waals surface area (Å²) in [5, 5.41) is 7.59. The number of pyridine rings is 1. The number of carbonyl (C=O) groups excluding carboxylic acids is 2. The number of nitrogens with one attached hydrogen (secondary N) is 2. The molecule has 1 heterocycles. The Labute approximate surface area is 186 Å². The molecule has 0 saturated heterocycles. The Hall–Kier alpha value is -4.19. The van der Waals surface area contributed by atoms with Crippen LogP contribution in [0.5, 0.6) is 5.75 Å². The van der Waals surface area contributed by atoms with Gasteiger partial charge in [-0.1, -0.05) is 54.6 Å². The standard InChI is InChI=1S/C26H23N3O3/c30-25(15-20-9-5-8-19-7-1-2-13-24(19)20)28-17-26(31)29-21-11-6-12-23(16-21)32-18-22-10-3-4-14-27-22/h1-14,16H,15,17-18H2,(H,28,30)(H,29,31). The number of fused-ring (bicyclic) bond motifs is 1. The minimum absolute atomic E-state index is 0.109. The number of benzene rings is 3. The van der Waals surface area contributed by atoms with Gasteiger partial charge in [-0.25, -0.2) is 0 Å². The lowest BCUT2D eigenvalue weighted by atomic mass is 10.0. The molecule has 0 radical (unpaired) electrons. The van der Waals surface area contributed by atoms with Crippen molar-refractivity contribution in [1.82, 2.24) is 10.3 Å². The molecule has 32 heavy (non-hydrogen) atoms. The fourth-order valence-corrected chi connectivity index (χ4v) is 3.37.